The molecule has 13 rings (SSSR count). The molecule has 5 aromatic heterocycles. The smallest absolute Gasteiger partial charge is 0.0711 e. The first-order chi connectivity index (χ1) is 30.2. The second-order valence-corrected chi connectivity index (χ2v) is 17.8. The standard InChI is InChI=1S/C56H35N3S2/c1-5-16-36(17-6-1)37-18-15-19-38(30-37)53-34-51-55(60-53)56-52(59(51)42-24-11-4-12-25-42)35-54(61-56)39-28-29-48-44(31-39)46-33-49-45(32-50(46)58(48)41-22-9-3-10-23-41)43-26-13-14-27-47(43)57(49)40-20-7-2-8-21-40/h1-35H. The number of hydrogen-bond donors (Lipinski definition) is 0. The molecule has 0 aliphatic carbocycles. The van der Waals surface area contributed by atoms with E-state index in [1.807, 2.05) is 22.7 Å². The number of benzene rings is 8. The van der Waals surface area contributed by atoms with Gasteiger partial charge in [0.15, 0.2) is 0 Å². The van der Waals surface area contributed by atoms with Gasteiger partial charge < -0.3 is 13.7 Å². The van der Waals surface area contributed by atoms with Gasteiger partial charge in [0.1, 0.15) is 0 Å². The van der Waals surface area contributed by atoms with Crippen molar-refractivity contribution in [3.63, 3.8) is 0 Å². The van der Waals surface area contributed by atoms with Crippen LogP contribution in [0.25, 0.3) is 113 Å². The minimum Gasteiger partial charge on any atom is -0.309 e. The fourth-order valence-electron chi connectivity index (χ4n) is 9.52. The van der Waals surface area contributed by atoms with E-state index in [9.17, 15) is 0 Å². The lowest BCUT2D eigenvalue weighted by molar-refractivity contribution is 1.17. The van der Waals surface area contributed by atoms with Gasteiger partial charge in [-0.3, -0.25) is 0 Å². The number of rotatable bonds is 6. The normalized spacial score (nSPS) is 11.9. The Balaban J connectivity index is 1.03. The summed E-state index contributed by atoms with van der Waals surface area (Å²) in [7, 11) is 0. The van der Waals surface area contributed by atoms with Crippen LogP contribution in [0.4, 0.5) is 0 Å². The Kier molecular flexibility index (Phi) is 7.65. The van der Waals surface area contributed by atoms with Gasteiger partial charge in [0.05, 0.1) is 42.5 Å². The second kappa shape index (κ2) is 13.5. The van der Waals surface area contributed by atoms with Gasteiger partial charge in [-0.1, -0.05) is 127 Å². The quantitative estimate of drug-likeness (QED) is 0.159. The van der Waals surface area contributed by atoms with Gasteiger partial charge in [0.2, 0.25) is 0 Å². The lowest BCUT2D eigenvalue weighted by Gasteiger charge is -2.09. The van der Waals surface area contributed by atoms with Gasteiger partial charge in [0, 0.05) is 48.4 Å². The topological polar surface area (TPSA) is 14.8 Å². The molecular weight excluding hydrogens is 779 g/mol. The molecule has 286 valence electrons. The van der Waals surface area contributed by atoms with Crippen LogP contribution in [0.15, 0.2) is 212 Å². The highest BCUT2D eigenvalue weighted by atomic mass is 32.1. The van der Waals surface area contributed by atoms with Gasteiger partial charge in [-0.15, -0.1) is 22.7 Å². The summed E-state index contributed by atoms with van der Waals surface area (Å²) in [4.78, 5) is 2.54. The van der Waals surface area contributed by atoms with Crippen LogP contribution in [0.1, 0.15) is 0 Å². The maximum atomic E-state index is 2.46. The van der Waals surface area contributed by atoms with Crippen molar-refractivity contribution >= 4 is 86.7 Å². The van der Waals surface area contributed by atoms with E-state index in [0.717, 1.165) is 11.4 Å². The minimum atomic E-state index is 1.16. The van der Waals surface area contributed by atoms with E-state index in [1.165, 1.54) is 102 Å². The third-order valence-electron chi connectivity index (χ3n) is 12.3. The molecule has 8 aromatic carbocycles. The predicted octanol–water partition coefficient (Wildman–Crippen LogP) is 16.1. The molecule has 0 aliphatic rings. The number of nitrogens with zero attached hydrogens (tertiary/aromatic N) is 3. The fraction of sp³-hybridized carbons (Fsp3) is 0. The van der Waals surface area contributed by atoms with E-state index in [-0.39, 0.29) is 0 Å². The van der Waals surface area contributed by atoms with Crippen LogP contribution in [-0.2, 0) is 0 Å². The van der Waals surface area contributed by atoms with E-state index in [1.54, 1.807) is 0 Å². The molecule has 5 heteroatoms. The lowest BCUT2D eigenvalue weighted by atomic mass is 10.0. The molecule has 5 heterocycles. The molecule has 0 spiro atoms. The van der Waals surface area contributed by atoms with Gasteiger partial charge in [-0.2, -0.15) is 0 Å². The zero-order valence-electron chi connectivity index (χ0n) is 32.9. The summed E-state index contributed by atoms with van der Waals surface area (Å²) in [5.74, 6) is 0. The highest BCUT2D eigenvalue weighted by Crippen LogP contribution is 2.48. The molecule has 3 nitrogen and oxygen atoms in total. The zero-order valence-corrected chi connectivity index (χ0v) is 34.5. The summed E-state index contributed by atoms with van der Waals surface area (Å²) in [5, 5.41) is 4.99. The van der Waals surface area contributed by atoms with Crippen LogP contribution < -0.4 is 0 Å². The largest absolute Gasteiger partial charge is 0.309 e. The lowest BCUT2D eigenvalue weighted by Crippen LogP contribution is -1.94. The van der Waals surface area contributed by atoms with Gasteiger partial charge in [0.25, 0.3) is 0 Å². The molecule has 13 aromatic rings. The molecule has 0 N–H and O–H groups in total. The first-order valence-electron chi connectivity index (χ1n) is 20.7. The van der Waals surface area contributed by atoms with Crippen molar-refractivity contribution in [3.8, 4) is 49.1 Å². The molecule has 0 saturated carbocycles. The molecule has 0 unspecified atom stereocenters. The first-order valence-corrected chi connectivity index (χ1v) is 22.3. The van der Waals surface area contributed by atoms with E-state index in [2.05, 4.69) is 226 Å². The third kappa shape index (κ3) is 5.34. The summed E-state index contributed by atoms with van der Waals surface area (Å²) < 4.78 is 9.98. The number of fused-ring (bicyclic) bond motifs is 9. The highest BCUT2D eigenvalue weighted by Gasteiger charge is 2.22. The van der Waals surface area contributed by atoms with E-state index in [0.29, 0.717) is 0 Å². The molecule has 0 aliphatic heterocycles. The summed E-state index contributed by atoms with van der Waals surface area (Å²) in [6, 6.07) is 77.6. The van der Waals surface area contributed by atoms with Gasteiger partial charge in [-0.25, -0.2) is 0 Å². The van der Waals surface area contributed by atoms with Crippen LogP contribution in [0.5, 0.6) is 0 Å². The first kappa shape index (κ1) is 34.4. The molecule has 0 fully saturated rings. The Labute approximate surface area is 359 Å². The molecule has 0 amide bonds. The zero-order chi connectivity index (χ0) is 40.0. The molecule has 0 saturated heterocycles. The van der Waals surface area contributed by atoms with Crippen LogP contribution in [0.2, 0.25) is 0 Å². The van der Waals surface area contributed by atoms with E-state index in [4.69, 9.17) is 0 Å². The van der Waals surface area contributed by atoms with E-state index < -0.39 is 0 Å². The number of para-hydroxylation sites is 4. The predicted molar refractivity (Wildman–Crippen MR) is 262 cm³/mol. The average molecular weight is 814 g/mol. The van der Waals surface area contributed by atoms with Crippen molar-refractivity contribution in [2.45, 2.75) is 0 Å². The maximum absolute atomic E-state index is 2.46. The molecule has 0 radical (unpaired) electrons. The second-order valence-electron chi connectivity index (χ2n) is 15.7. The van der Waals surface area contributed by atoms with Crippen molar-refractivity contribution in [2.75, 3.05) is 0 Å². The Bertz CT molecular complexity index is 3790. The highest BCUT2D eigenvalue weighted by molar-refractivity contribution is 7.30. The Hall–Kier alpha value is -7.44. The SMILES string of the molecule is c1ccc(-c2cccc(-c3cc4c(s3)c3sc(-c5ccc6c(c5)c5cc7c(cc5n6-c5ccccc5)c5ccccc5n7-c5ccccc5)cc3n4-c3ccccc3)c2)cc1. The van der Waals surface area contributed by atoms with E-state index >= 15 is 0 Å². The molecular formula is C56H35N3S2. The van der Waals surface area contributed by atoms with Crippen molar-refractivity contribution in [1.29, 1.82) is 0 Å². The van der Waals surface area contributed by atoms with Crippen molar-refractivity contribution in [1.82, 2.24) is 13.7 Å². The van der Waals surface area contributed by atoms with Crippen LogP contribution in [-0.4, -0.2) is 13.7 Å². The monoisotopic (exact) mass is 813 g/mol. The van der Waals surface area contributed by atoms with Gasteiger partial charge >= 0.3 is 0 Å². The van der Waals surface area contributed by atoms with Crippen molar-refractivity contribution < 1.29 is 0 Å². The van der Waals surface area contributed by atoms with Crippen LogP contribution >= 0.6 is 22.7 Å². The minimum absolute atomic E-state index is 1.16. The summed E-state index contributed by atoms with van der Waals surface area (Å²) in [6.07, 6.45) is 0. The van der Waals surface area contributed by atoms with Crippen LogP contribution in [0, 0.1) is 0 Å². The van der Waals surface area contributed by atoms with Crippen molar-refractivity contribution in [2.24, 2.45) is 0 Å². The maximum Gasteiger partial charge on any atom is 0.0711 e. The fourth-order valence-corrected chi connectivity index (χ4v) is 11.9. The Morgan fingerprint density at radius 3 is 1.26 bits per heavy atom. The number of hydrogen-bond acceptors (Lipinski definition) is 2. The Morgan fingerprint density at radius 1 is 0.246 bits per heavy atom. The van der Waals surface area contributed by atoms with Gasteiger partial charge in [-0.05, 0) is 107 Å². The summed E-state index contributed by atoms with van der Waals surface area (Å²) in [6.45, 7) is 0. The molecule has 0 atom stereocenters. The summed E-state index contributed by atoms with van der Waals surface area (Å²) in [5.41, 5.74) is 15.8. The average Bonchev–Trinajstić information content (AvgIpc) is 4.14. The van der Waals surface area contributed by atoms with Crippen molar-refractivity contribution in [3.05, 3.63) is 212 Å². The number of thiophene rings is 2. The van der Waals surface area contributed by atoms with Crippen LogP contribution in [0.3, 0.4) is 0 Å². The summed E-state index contributed by atoms with van der Waals surface area (Å²) >= 11 is 3.80. The molecule has 61 heavy (non-hydrogen) atoms. The Morgan fingerprint density at radius 2 is 0.672 bits per heavy atom. The number of aromatic nitrogens is 3. The molecule has 0 bridgehead atoms. The third-order valence-corrected chi connectivity index (χ3v) is 14.8.